The highest BCUT2D eigenvalue weighted by atomic mass is 16.5. The minimum Gasteiger partial charge on any atom is -0.508 e. The first-order valence-corrected chi connectivity index (χ1v) is 8.50. The van der Waals surface area contributed by atoms with Crippen molar-refractivity contribution in [2.24, 2.45) is 0 Å². The van der Waals surface area contributed by atoms with Crippen LogP contribution < -0.4 is 5.32 Å². The Bertz CT molecular complexity index is 783. The van der Waals surface area contributed by atoms with Gasteiger partial charge in [-0.15, -0.1) is 0 Å². The number of phenolic OH excluding ortho intramolecular Hbond substituents is 1. The van der Waals surface area contributed by atoms with Crippen LogP contribution in [0.3, 0.4) is 0 Å². The van der Waals surface area contributed by atoms with Gasteiger partial charge in [0.25, 0.3) is 5.91 Å². The molecule has 26 heavy (non-hydrogen) atoms. The SMILES string of the molecule is COCC(C)(C)NC(=O)c1cccc(CC(=O)Cc2ccccc2O)c1. The molecule has 2 rings (SSSR count). The van der Waals surface area contributed by atoms with Gasteiger partial charge in [-0.05, 0) is 37.6 Å². The predicted octanol–water partition coefficient (Wildman–Crippen LogP) is 2.90. The van der Waals surface area contributed by atoms with Crippen LogP contribution in [0, 0.1) is 0 Å². The Labute approximate surface area is 154 Å². The fraction of sp³-hybridized carbons (Fsp3) is 0.333. The minimum absolute atomic E-state index is 0.0243. The van der Waals surface area contributed by atoms with E-state index in [1.54, 1.807) is 49.6 Å². The Hall–Kier alpha value is -2.66. The first kappa shape index (κ1) is 19.7. The van der Waals surface area contributed by atoms with Crippen LogP contribution in [-0.2, 0) is 22.4 Å². The largest absolute Gasteiger partial charge is 0.508 e. The lowest BCUT2D eigenvalue weighted by molar-refractivity contribution is -0.117. The summed E-state index contributed by atoms with van der Waals surface area (Å²) in [5.41, 5.74) is 1.39. The molecule has 0 bridgehead atoms. The number of carbonyl (C=O) groups is 2. The van der Waals surface area contributed by atoms with E-state index in [-0.39, 0.29) is 30.3 Å². The van der Waals surface area contributed by atoms with E-state index in [0.717, 1.165) is 5.56 Å². The van der Waals surface area contributed by atoms with Crippen molar-refractivity contribution in [3.05, 3.63) is 65.2 Å². The average Bonchev–Trinajstić information content (AvgIpc) is 2.56. The first-order chi connectivity index (χ1) is 12.3. The summed E-state index contributed by atoms with van der Waals surface area (Å²) in [5.74, 6) is -0.111. The third kappa shape index (κ3) is 5.70. The molecule has 0 atom stereocenters. The normalized spacial score (nSPS) is 11.2. The maximum Gasteiger partial charge on any atom is 0.251 e. The molecule has 2 aromatic rings. The summed E-state index contributed by atoms with van der Waals surface area (Å²) in [7, 11) is 1.59. The zero-order valence-electron chi connectivity index (χ0n) is 15.4. The summed E-state index contributed by atoms with van der Waals surface area (Å²) in [5, 5.41) is 12.7. The number of amides is 1. The summed E-state index contributed by atoms with van der Waals surface area (Å²) in [6.07, 6.45) is 0.362. The second-order valence-corrected chi connectivity index (χ2v) is 6.99. The number of aromatic hydroxyl groups is 1. The van der Waals surface area contributed by atoms with Crippen LogP contribution in [0.2, 0.25) is 0 Å². The lowest BCUT2D eigenvalue weighted by Gasteiger charge is -2.25. The third-order valence-corrected chi connectivity index (χ3v) is 3.93. The van der Waals surface area contributed by atoms with Crippen molar-refractivity contribution in [2.45, 2.75) is 32.2 Å². The van der Waals surface area contributed by atoms with Gasteiger partial charge in [-0.1, -0.05) is 30.3 Å². The standard InChI is InChI=1S/C21H25NO4/c1-21(2,14-26-3)22-20(25)17-9-6-7-15(11-17)12-18(23)13-16-8-4-5-10-19(16)24/h4-11,24H,12-14H2,1-3H3,(H,22,25). The van der Waals surface area contributed by atoms with Crippen LogP contribution in [0.1, 0.15) is 35.3 Å². The van der Waals surface area contributed by atoms with Crippen molar-refractivity contribution in [2.75, 3.05) is 13.7 Å². The van der Waals surface area contributed by atoms with Gasteiger partial charge in [-0.2, -0.15) is 0 Å². The Kier molecular flexibility index (Phi) is 6.52. The Morgan fingerprint density at radius 2 is 1.81 bits per heavy atom. The molecular formula is C21H25NO4. The van der Waals surface area contributed by atoms with E-state index >= 15 is 0 Å². The van der Waals surface area contributed by atoms with E-state index in [9.17, 15) is 14.7 Å². The van der Waals surface area contributed by atoms with Gasteiger partial charge in [0.2, 0.25) is 0 Å². The fourth-order valence-electron chi connectivity index (χ4n) is 2.76. The molecule has 0 saturated heterocycles. The molecule has 2 aromatic carbocycles. The second-order valence-electron chi connectivity index (χ2n) is 6.99. The quantitative estimate of drug-likeness (QED) is 0.763. The van der Waals surface area contributed by atoms with Gasteiger partial charge in [-0.3, -0.25) is 9.59 Å². The van der Waals surface area contributed by atoms with E-state index in [4.69, 9.17) is 4.74 Å². The van der Waals surface area contributed by atoms with Gasteiger partial charge in [0.1, 0.15) is 11.5 Å². The van der Waals surface area contributed by atoms with Crippen molar-refractivity contribution in [3.63, 3.8) is 0 Å². The Morgan fingerprint density at radius 3 is 2.50 bits per heavy atom. The topological polar surface area (TPSA) is 75.6 Å². The highest BCUT2D eigenvalue weighted by molar-refractivity contribution is 5.95. The molecule has 0 saturated carbocycles. The van der Waals surface area contributed by atoms with E-state index < -0.39 is 5.54 Å². The van der Waals surface area contributed by atoms with Crippen molar-refractivity contribution >= 4 is 11.7 Å². The summed E-state index contributed by atoms with van der Waals surface area (Å²) in [6, 6.07) is 13.8. The van der Waals surface area contributed by atoms with E-state index in [1.807, 2.05) is 19.9 Å². The van der Waals surface area contributed by atoms with Crippen LogP contribution in [0.5, 0.6) is 5.75 Å². The molecule has 0 aliphatic heterocycles. The van der Waals surface area contributed by atoms with E-state index in [0.29, 0.717) is 17.7 Å². The molecule has 1 amide bonds. The Morgan fingerprint density at radius 1 is 1.08 bits per heavy atom. The zero-order chi connectivity index (χ0) is 19.2. The van der Waals surface area contributed by atoms with Crippen LogP contribution in [0.4, 0.5) is 0 Å². The zero-order valence-corrected chi connectivity index (χ0v) is 15.4. The summed E-state index contributed by atoms with van der Waals surface area (Å²) in [6.45, 7) is 4.17. The van der Waals surface area contributed by atoms with Crippen molar-refractivity contribution in [1.29, 1.82) is 0 Å². The van der Waals surface area contributed by atoms with Gasteiger partial charge in [-0.25, -0.2) is 0 Å². The maximum atomic E-state index is 12.4. The molecule has 0 aliphatic carbocycles. The monoisotopic (exact) mass is 355 g/mol. The number of carbonyl (C=O) groups excluding carboxylic acids is 2. The highest BCUT2D eigenvalue weighted by Gasteiger charge is 2.21. The lowest BCUT2D eigenvalue weighted by Crippen LogP contribution is -2.46. The predicted molar refractivity (Wildman–Crippen MR) is 100 cm³/mol. The number of methoxy groups -OCH3 is 1. The van der Waals surface area contributed by atoms with Gasteiger partial charge in [0, 0.05) is 31.1 Å². The third-order valence-electron chi connectivity index (χ3n) is 3.93. The number of hydrogen-bond donors (Lipinski definition) is 2. The van der Waals surface area contributed by atoms with Gasteiger partial charge in [0.15, 0.2) is 0 Å². The van der Waals surface area contributed by atoms with Crippen molar-refractivity contribution in [3.8, 4) is 5.75 Å². The number of Topliss-reactive ketones (excluding diaryl/α,β-unsaturated/α-hetero) is 1. The van der Waals surface area contributed by atoms with Crippen molar-refractivity contribution in [1.82, 2.24) is 5.32 Å². The number of nitrogens with one attached hydrogen (secondary N) is 1. The number of ketones is 1. The number of rotatable bonds is 8. The highest BCUT2D eigenvalue weighted by Crippen LogP contribution is 2.17. The summed E-state index contributed by atoms with van der Waals surface area (Å²) < 4.78 is 5.11. The van der Waals surface area contributed by atoms with Crippen LogP contribution >= 0.6 is 0 Å². The molecule has 0 radical (unpaired) electrons. The van der Waals surface area contributed by atoms with Crippen LogP contribution in [0.15, 0.2) is 48.5 Å². The fourth-order valence-corrected chi connectivity index (χ4v) is 2.76. The molecule has 138 valence electrons. The van der Waals surface area contributed by atoms with Gasteiger partial charge >= 0.3 is 0 Å². The van der Waals surface area contributed by atoms with E-state index in [2.05, 4.69) is 5.32 Å². The van der Waals surface area contributed by atoms with Gasteiger partial charge in [0.05, 0.1) is 12.1 Å². The number of benzene rings is 2. The molecule has 0 aromatic heterocycles. The molecule has 5 nitrogen and oxygen atoms in total. The molecule has 0 aliphatic rings. The number of phenols is 1. The smallest absolute Gasteiger partial charge is 0.251 e. The lowest BCUT2D eigenvalue weighted by atomic mass is 10.00. The van der Waals surface area contributed by atoms with E-state index in [1.165, 1.54) is 0 Å². The Balaban J connectivity index is 2.03. The number of hydrogen-bond acceptors (Lipinski definition) is 4. The van der Waals surface area contributed by atoms with Crippen molar-refractivity contribution < 1.29 is 19.4 Å². The average molecular weight is 355 g/mol. The van der Waals surface area contributed by atoms with Crippen LogP contribution in [0.25, 0.3) is 0 Å². The van der Waals surface area contributed by atoms with Gasteiger partial charge < -0.3 is 15.2 Å². The summed E-state index contributed by atoms with van der Waals surface area (Å²) in [4.78, 5) is 24.7. The molecule has 0 heterocycles. The molecule has 5 heteroatoms. The molecule has 2 N–H and O–H groups in total. The second kappa shape index (κ2) is 8.63. The number of para-hydroxylation sites is 1. The molecule has 0 spiro atoms. The molecule has 0 unspecified atom stereocenters. The molecule has 0 fully saturated rings. The molecular weight excluding hydrogens is 330 g/mol. The maximum absolute atomic E-state index is 12.4. The number of ether oxygens (including phenoxy) is 1. The first-order valence-electron chi connectivity index (χ1n) is 8.50. The summed E-state index contributed by atoms with van der Waals surface area (Å²) >= 11 is 0. The minimum atomic E-state index is -0.484. The van der Waals surface area contributed by atoms with Crippen LogP contribution in [-0.4, -0.2) is 36.1 Å².